The molecule has 1 saturated heterocycles. The Kier molecular flexibility index (Phi) is 5.82. The molecule has 33 heavy (non-hydrogen) atoms. The molecule has 3 aliphatic carbocycles. The second kappa shape index (κ2) is 8.64. The molecule has 3 amide bonds. The summed E-state index contributed by atoms with van der Waals surface area (Å²) in [5.74, 6) is -1.98. The number of nitrogens with zero attached hydrogens (tertiary/aromatic N) is 1. The maximum absolute atomic E-state index is 12.8. The molecule has 5 rings (SSSR count). The number of fused-ring (bicyclic) bond motifs is 6. The number of allylic oxidation sites excluding steroid dienone is 2. The summed E-state index contributed by atoms with van der Waals surface area (Å²) < 4.78 is 5.24. The molecule has 4 atom stereocenters. The third-order valence-corrected chi connectivity index (χ3v) is 8.41. The predicted molar refractivity (Wildman–Crippen MR) is 126 cm³/mol. The van der Waals surface area contributed by atoms with Crippen molar-refractivity contribution in [1.82, 2.24) is 10.2 Å². The minimum Gasteiger partial charge on any atom is -0.462 e. The molecular formula is C23H25N3O5S2. The zero-order valence-corrected chi connectivity index (χ0v) is 19.9. The van der Waals surface area contributed by atoms with Gasteiger partial charge in [-0.25, -0.2) is 4.79 Å². The number of amides is 3. The lowest BCUT2D eigenvalue weighted by Gasteiger charge is -2.17. The number of esters is 1. The standard InChI is InChI=1S/C23H25N3O5S2/c1-2-31-22(30)18-13-5-3-4-6-14(13)33-19(18)25-23(32)24-15(27)10-26-20(28)16-11-7-8-12(9-11)17(16)21(26)29/h7-8,11-12,16-17H,2-6,9-10H2,1H3,(H2,24,25,27,32)/t11-,12-,16-,17-/m0/s1. The second-order valence-corrected chi connectivity index (χ2v) is 10.4. The number of hydrogen-bond donors (Lipinski definition) is 2. The maximum Gasteiger partial charge on any atom is 0.341 e. The van der Waals surface area contributed by atoms with Crippen molar-refractivity contribution in [3.63, 3.8) is 0 Å². The molecule has 2 bridgehead atoms. The van der Waals surface area contributed by atoms with E-state index >= 15 is 0 Å². The largest absolute Gasteiger partial charge is 0.462 e. The van der Waals surface area contributed by atoms with Crippen molar-refractivity contribution in [3.8, 4) is 0 Å². The quantitative estimate of drug-likeness (QED) is 0.284. The molecule has 1 saturated carbocycles. The van der Waals surface area contributed by atoms with Crippen LogP contribution >= 0.6 is 23.6 Å². The van der Waals surface area contributed by atoms with Crippen LogP contribution in [0.4, 0.5) is 5.00 Å². The SMILES string of the molecule is CCOC(=O)c1c(NC(=S)NC(=O)CN2C(=O)[C@@H]3[C@@H](C2=O)[C@H]2C=C[C@H]3C2)sc2c1CCCC2. The number of nitrogens with one attached hydrogen (secondary N) is 2. The minimum atomic E-state index is -0.548. The first-order chi connectivity index (χ1) is 15.9. The van der Waals surface area contributed by atoms with E-state index in [0.717, 1.165) is 47.4 Å². The molecule has 0 aromatic carbocycles. The molecule has 2 fully saturated rings. The van der Waals surface area contributed by atoms with E-state index in [1.165, 1.54) is 11.3 Å². The van der Waals surface area contributed by atoms with Crippen LogP contribution in [-0.2, 0) is 32.0 Å². The molecule has 1 aromatic heterocycles. The normalized spacial score (nSPS) is 26.9. The molecule has 10 heteroatoms. The van der Waals surface area contributed by atoms with Crippen LogP contribution in [0.25, 0.3) is 0 Å². The summed E-state index contributed by atoms with van der Waals surface area (Å²) >= 11 is 6.75. The highest BCUT2D eigenvalue weighted by atomic mass is 32.1. The van der Waals surface area contributed by atoms with Gasteiger partial charge in [0.1, 0.15) is 11.5 Å². The fourth-order valence-electron chi connectivity index (χ4n) is 5.64. The molecule has 1 aliphatic heterocycles. The van der Waals surface area contributed by atoms with Gasteiger partial charge in [-0.15, -0.1) is 11.3 Å². The van der Waals surface area contributed by atoms with Gasteiger partial charge < -0.3 is 15.4 Å². The number of carbonyl (C=O) groups excluding carboxylic acids is 4. The molecule has 0 unspecified atom stereocenters. The Morgan fingerprint density at radius 2 is 1.82 bits per heavy atom. The van der Waals surface area contributed by atoms with Gasteiger partial charge in [0.2, 0.25) is 17.7 Å². The Bertz CT molecular complexity index is 1060. The number of imide groups is 1. The van der Waals surface area contributed by atoms with Crippen LogP contribution < -0.4 is 10.6 Å². The number of rotatable bonds is 5. The highest BCUT2D eigenvalue weighted by Crippen LogP contribution is 2.52. The summed E-state index contributed by atoms with van der Waals surface area (Å²) in [5, 5.41) is 6.09. The summed E-state index contributed by atoms with van der Waals surface area (Å²) in [4.78, 5) is 53.0. The molecular weight excluding hydrogens is 462 g/mol. The van der Waals surface area contributed by atoms with Crippen molar-refractivity contribution < 1.29 is 23.9 Å². The molecule has 8 nitrogen and oxygen atoms in total. The van der Waals surface area contributed by atoms with E-state index in [4.69, 9.17) is 17.0 Å². The van der Waals surface area contributed by atoms with E-state index in [0.29, 0.717) is 10.6 Å². The van der Waals surface area contributed by atoms with Gasteiger partial charge in [-0.2, -0.15) is 0 Å². The van der Waals surface area contributed by atoms with Gasteiger partial charge in [-0.1, -0.05) is 12.2 Å². The topological polar surface area (TPSA) is 105 Å². The Morgan fingerprint density at radius 3 is 2.48 bits per heavy atom. The zero-order valence-electron chi connectivity index (χ0n) is 18.2. The average Bonchev–Trinajstić information content (AvgIpc) is 3.52. The Hall–Kier alpha value is -2.59. The van der Waals surface area contributed by atoms with Crippen molar-refractivity contribution in [2.75, 3.05) is 18.5 Å². The van der Waals surface area contributed by atoms with Gasteiger partial charge >= 0.3 is 5.97 Å². The average molecular weight is 488 g/mol. The third-order valence-electron chi connectivity index (χ3n) is 6.99. The first-order valence-corrected chi connectivity index (χ1v) is 12.6. The van der Waals surface area contributed by atoms with Crippen LogP contribution in [0.1, 0.15) is 47.0 Å². The van der Waals surface area contributed by atoms with Crippen LogP contribution in [0, 0.1) is 23.7 Å². The van der Waals surface area contributed by atoms with Crippen LogP contribution in [-0.4, -0.2) is 46.9 Å². The number of thiocarbonyl (C=S) groups is 1. The van der Waals surface area contributed by atoms with Crippen molar-refractivity contribution in [2.45, 2.75) is 39.0 Å². The molecule has 2 N–H and O–H groups in total. The molecule has 174 valence electrons. The van der Waals surface area contributed by atoms with Crippen molar-refractivity contribution in [2.24, 2.45) is 23.7 Å². The zero-order chi connectivity index (χ0) is 23.3. The van der Waals surface area contributed by atoms with Gasteiger partial charge in [0.15, 0.2) is 5.11 Å². The molecule has 4 aliphatic rings. The highest BCUT2D eigenvalue weighted by Gasteiger charge is 2.59. The summed E-state index contributed by atoms with van der Waals surface area (Å²) in [5.41, 5.74) is 1.47. The van der Waals surface area contributed by atoms with E-state index in [1.807, 2.05) is 12.2 Å². The number of likely N-dealkylation sites (tertiary alicyclic amines) is 1. The summed E-state index contributed by atoms with van der Waals surface area (Å²) in [6.45, 7) is 1.66. The Labute approximate surface area is 200 Å². The first-order valence-electron chi connectivity index (χ1n) is 11.3. The third kappa shape index (κ3) is 3.78. The van der Waals surface area contributed by atoms with Crippen LogP contribution in [0.15, 0.2) is 12.2 Å². The monoisotopic (exact) mass is 487 g/mol. The van der Waals surface area contributed by atoms with Gasteiger partial charge in [0.05, 0.1) is 24.0 Å². The summed E-state index contributed by atoms with van der Waals surface area (Å²) in [6.07, 6.45) is 8.64. The smallest absolute Gasteiger partial charge is 0.341 e. The number of anilines is 1. The van der Waals surface area contributed by atoms with Crippen molar-refractivity contribution in [3.05, 3.63) is 28.2 Å². The lowest BCUT2D eigenvalue weighted by Crippen LogP contribution is -2.44. The van der Waals surface area contributed by atoms with Crippen LogP contribution in [0.3, 0.4) is 0 Å². The number of ether oxygens (including phenoxy) is 1. The lowest BCUT2D eigenvalue weighted by atomic mass is 9.85. The van der Waals surface area contributed by atoms with Crippen LogP contribution in [0.2, 0.25) is 0 Å². The Balaban J connectivity index is 1.24. The van der Waals surface area contributed by atoms with Crippen LogP contribution in [0.5, 0.6) is 0 Å². The summed E-state index contributed by atoms with van der Waals surface area (Å²) in [6, 6.07) is 0. The maximum atomic E-state index is 12.8. The fourth-order valence-corrected chi connectivity index (χ4v) is 7.20. The van der Waals surface area contributed by atoms with Crippen molar-refractivity contribution in [1.29, 1.82) is 0 Å². The van der Waals surface area contributed by atoms with Gasteiger partial charge in [-0.3, -0.25) is 19.3 Å². The number of aryl methyl sites for hydroxylation is 1. The van der Waals surface area contributed by atoms with E-state index in [1.54, 1.807) is 6.92 Å². The number of hydrogen-bond acceptors (Lipinski definition) is 7. The highest BCUT2D eigenvalue weighted by molar-refractivity contribution is 7.80. The Morgan fingerprint density at radius 1 is 1.15 bits per heavy atom. The van der Waals surface area contributed by atoms with E-state index < -0.39 is 11.9 Å². The minimum absolute atomic E-state index is 0.0187. The van der Waals surface area contributed by atoms with Gasteiger partial charge in [-0.05, 0) is 68.6 Å². The van der Waals surface area contributed by atoms with E-state index in [-0.39, 0.29) is 53.8 Å². The van der Waals surface area contributed by atoms with Crippen molar-refractivity contribution >= 4 is 57.4 Å². The molecule has 0 spiro atoms. The summed E-state index contributed by atoms with van der Waals surface area (Å²) in [7, 11) is 0. The van der Waals surface area contributed by atoms with E-state index in [2.05, 4.69) is 10.6 Å². The second-order valence-electron chi connectivity index (χ2n) is 8.90. The molecule has 1 aromatic rings. The lowest BCUT2D eigenvalue weighted by molar-refractivity contribution is -0.144. The van der Waals surface area contributed by atoms with Gasteiger partial charge in [0.25, 0.3) is 0 Å². The predicted octanol–water partition coefficient (Wildman–Crippen LogP) is 2.42. The fraction of sp³-hybridized carbons (Fsp3) is 0.522. The molecule has 0 radical (unpaired) electrons. The molecule has 2 heterocycles. The van der Waals surface area contributed by atoms with Gasteiger partial charge in [0, 0.05) is 4.88 Å². The number of carbonyl (C=O) groups is 4. The van der Waals surface area contributed by atoms with E-state index in [9.17, 15) is 19.2 Å². The number of thiophene rings is 1. The first kappa shape index (κ1) is 22.2.